The van der Waals surface area contributed by atoms with Crippen molar-refractivity contribution in [2.24, 2.45) is 0 Å². The largest absolute Gasteiger partial charge is 0.511 e. The molecule has 0 unspecified atom stereocenters. The van der Waals surface area contributed by atoms with E-state index in [4.69, 9.17) is 10.4 Å². The molecule has 0 bridgehead atoms. The smallest absolute Gasteiger partial charge is 0.416 e. The Morgan fingerprint density at radius 3 is 2.17 bits per heavy atom. The van der Waals surface area contributed by atoms with Crippen LogP contribution in [0.25, 0.3) is 0 Å². The Morgan fingerprint density at radius 2 is 1.71 bits per heavy atom. The van der Waals surface area contributed by atoms with E-state index in [1.165, 1.54) is 6.07 Å². The second kappa shape index (κ2) is 8.01. The van der Waals surface area contributed by atoms with Crippen LogP contribution >= 0.6 is 0 Å². The number of nitrogens with one attached hydrogen (secondary N) is 1. The predicted octanol–water partition coefficient (Wildman–Crippen LogP) is 3.23. The molecule has 6 nitrogen and oxygen atoms in total. The zero-order chi connectivity index (χ0) is 18.3. The second-order valence-electron chi connectivity index (χ2n) is 4.71. The number of nitrogens with zero attached hydrogens (tertiary/aromatic N) is 1. The first-order valence-corrected chi connectivity index (χ1v) is 6.67. The molecule has 24 heavy (non-hydrogen) atoms. The van der Waals surface area contributed by atoms with Crippen LogP contribution in [-0.4, -0.2) is 22.1 Å². The van der Waals surface area contributed by atoms with Crippen molar-refractivity contribution < 1.29 is 33.0 Å². The van der Waals surface area contributed by atoms with Crippen LogP contribution < -0.4 is 5.32 Å². The lowest BCUT2D eigenvalue weighted by Gasteiger charge is -2.09. The fourth-order valence-electron chi connectivity index (χ4n) is 1.71. The molecule has 0 fully saturated rings. The van der Waals surface area contributed by atoms with E-state index in [1.54, 1.807) is 0 Å². The average molecular weight is 342 g/mol. The molecule has 0 aromatic heterocycles. The molecule has 9 heteroatoms. The van der Waals surface area contributed by atoms with Crippen LogP contribution in [0.4, 0.5) is 18.9 Å². The molecule has 0 aliphatic carbocycles. The normalized spacial score (nSPS) is 12.1. The maximum absolute atomic E-state index is 12.4. The number of benzene rings is 1. The van der Waals surface area contributed by atoms with Gasteiger partial charge in [-0.15, -0.1) is 0 Å². The summed E-state index contributed by atoms with van der Waals surface area (Å²) in [6, 6.07) is 5.03. The highest BCUT2D eigenvalue weighted by Gasteiger charge is 2.30. The summed E-state index contributed by atoms with van der Waals surface area (Å²) in [6.45, 7) is 0. The molecule has 128 valence electrons. The SMILES string of the molecule is N#C/C(C(=O)Nc1ccc(C(F)(F)F)cc1)=C(\O)CCCC(=O)O. The molecular formula is C15H13F3N2O4. The van der Waals surface area contributed by atoms with Gasteiger partial charge in [0.05, 0.1) is 5.56 Å². The summed E-state index contributed by atoms with van der Waals surface area (Å²) in [5.41, 5.74) is -1.51. The Kier molecular flexibility index (Phi) is 6.35. The van der Waals surface area contributed by atoms with Gasteiger partial charge in [0.15, 0.2) is 5.57 Å². The van der Waals surface area contributed by atoms with E-state index in [0.717, 1.165) is 24.3 Å². The highest BCUT2D eigenvalue weighted by Crippen LogP contribution is 2.29. The van der Waals surface area contributed by atoms with Gasteiger partial charge in [-0.05, 0) is 30.7 Å². The van der Waals surface area contributed by atoms with Gasteiger partial charge < -0.3 is 15.5 Å². The molecule has 0 heterocycles. The molecule has 0 saturated carbocycles. The highest BCUT2D eigenvalue weighted by molar-refractivity contribution is 6.06. The summed E-state index contributed by atoms with van der Waals surface area (Å²) in [7, 11) is 0. The second-order valence-corrected chi connectivity index (χ2v) is 4.71. The molecule has 0 aliphatic rings. The number of carbonyl (C=O) groups is 2. The van der Waals surface area contributed by atoms with Gasteiger partial charge >= 0.3 is 12.1 Å². The Labute approximate surface area is 134 Å². The van der Waals surface area contributed by atoms with E-state index < -0.39 is 34.9 Å². The number of anilines is 1. The Hall–Kier alpha value is -3.02. The molecule has 1 aromatic rings. The molecule has 3 N–H and O–H groups in total. The summed E-state index contributed by atoms with van der Waals surface area (Å²) >= 11 is 0. The van der Waals surface area contributed by atoms with Crippen LogP contribution in [-0.2, 0) is 15.8 Å². The third-order valence-corrected chi connectivity index (χ3v) is 2.90. The van der Waals surface area contributed by atoms with Crippen molar-refractivity contribution in [2.75, 3.05) is 5.32 Å². The van der Waals surface area contributed by atoms with Crippen LogP contribution in [0.2, 0.25) is 0 Å². The fraction of sp³-hybridized carbons (Fsp3) is 0.267. The lowest BCUT2D eigenvalue weighted by atomic mass is 10.1. The minimum absolute atomic E-state index is 0.0130. The Balaban J connectivity index is 2.80. The molecule has 1 amide bonds. The quantitative estimate of drug-likeness (QED) is 0.418. The van der Waals surface area contributed by atoms with Crippen molar-refractivity contribution in [2.45, 2.75) is 25.4 Å². The summed E-state index contributed by atoms with van der Waals surface area (Å²) < 4.78 is 37.3. The molecule has 0 radical (unpaired) electrons. The van der Waals surface area contributed by atoms with E-state index in [-0.39, 0.29) is 24.9 Å². The van der Waals surface area contributed by atoms with Gasteiger partial charge in [0, 0.05) is 18.5 Å². The summed E-state index contributed by atoms with van der Waals surface area (Å²) in [5.74, 6) is -2.66. The highest BCUT2D eigenvalue weighted by atomic mass is 19.4. The first-order valence-electron chi connectivity index (χ1n) is 6.67. The number of aliphatic carboxylic acids is 1. The van der Waals surface area contributed by atoms with Crippen molar-refractivity contribution in [1.82, 2.24) is 0 Å². The van der Waals surface area contributed by atoms with Gasteiger partial charge in [-0.25, -0.2) is 0 Å². The number of aliphatic hydroxyl groups excluding tert-OH is 1. The third kappa shape index (κ3) is 5.64. The minimum atomic E-state index is -4.51. The molecule has 0 spiro atoms. The number of alkyl halides is 3. The Morgan fingerprint density at radius 1 is 1.12 bits per heavy atom. The number of hydrogen-bond donors (Lipinski definition) is 3. The van der Waals surface area contributed by atoms with Crippen LogP contribution in [0.1, 0.15) is 24.8 Å². The average Bonchev–Trinajstić information content (AvgIpc) is 2.47. The van der Waals surface area contributed by atoms with Gasteiger partial charge in [-0.2, -0.15) is 18.4 Å². The maximum Gasteiger partial charge on any atom is 0.416 e. The van der Waals surface area contributed by atoms with Crippen LogP contribution in [0.15, 0.2) is 35.6 Å². The van der Waals surface area contributed by atoms with E-state index in [0.29, 0.717) is 0 Å². The van der Waals surface area contributed by atoms with Crippen molar-refractivity contribution in [3.63, 3.8) is 0 Å². The molecule has 1 aromatic carbocycles. The van der Waals surface area contributed by atoms with Crippen molar-refractivity contribution in [1.29, 1.82) is 5.26 Å². The van der Waals surface area contributed by atoms with Crippen LogP contribution in [0.3, 0.4) is 0 Å². The number of nitriles is 1. The van der Waals surface area contributed by atoms with E-state index in [2.05, 4.69) is 5.32 Å². The first-order chi connectivity index (χ1) is 11.1. The third-order valence-electron chi connectivity index (χ3n) is 2.90. The topological polar surface area (TPSA) is 110 Å². The van der Waals surface area contributed by atoms with Gasteiger partial charge in [-0.1, -0.05) is 0 Å². The van der Waals surface area contributed by atoms with Gasteiger partial charge in [-0.3, -0.25) is 9.59 Å². The number of rotatable bonds is 6. The number of aliphatic hydroxyl groups is 1. The molecule has 0 atom stereocenters. The Bertz CT molecular complexity index is 688. The zero-order valence-electron chi connectivity index (χ0n) is 12.2. The number of carbonyl (C=O) groups excluding carboxylic acids is 1. The number of allylic oxidation sites excluding steroid dienone is 1. The summed E-state index contributed by atoms with van der Waals surface area (Å²) in [4.78, 5) is 22.2. The number of hydrogen-bond acceptors (Lipinski definition) is 4. The van der Waals surface area contributed by atoms with Gasteiger partial charge in [0.2, 0.25) is 0 Å². The molecule has 0 aliphatic heterocycles. The zero-order valence-corrected chi connectivity index (χ0v) is 12.2. The number of halogens is 3. The van der Waals surface area contributed by atoms with E-state index in [1.807, 2.05) is 0 Å². The first kappa shape index (κ1) is 19.0. The molecular weight excluding hydrogens is 329 g/mol. The lowest BCUT2D eigenvalue weighted by Crippen LogP contribution is -2.16. The van der Waals surface area contributed by atoms with Crippen LogP contribution in [0, 0.1) is 11.3 Å². The van der Waals surface area contributed by atoms with Crippen LogP contribution in [0.5, 0.6) is 0 Å². The van der Waals surface area contributed by atoms with Crippen molar-refractivity contribution >= 4 is 17.6 Å². The summed E-state index contributed by atoms with van der Waals surface area (Å²) in [5, 5.41) is 29.3. The number of carboxylic acids is 1. The lowest BCUT2D eigenvalue weighted by molar-refractivity contribution is -0.138. The molecule has 1 rings (SSSR count). The fourth-order valence-corrected chi connectivity index (χ4v) is 1.71. The van der Waals surface area contributed by atoms with Gasteiger partial charge in [0.25, 0.3) is 5.91 Å². The summed E-state index contributed by atoms with van der Waals surface area (Å²) in [6.07, 6.45) is -4.92. The van der Waals surface area contributed by atoms with E-state index >= 15 is 0 Å². The van der Waals surface area contributed by atoms with Crippen molar-refractivity contribution in [3.8, 4) is 6.07 Å². The number of carboxylic acid groups (broad SMARTS) is 1. The monoisotopic (exact) mass is 342 g/mol. The molecule has 0 saturated heterocycles. The maximum atomic E-state index is 12.4. The predicted molar refractivity (Wildman–Crippen MR) is 76.8 cm³/mol. The van der Waals surface area contributed by atoms with E-state index in [9.17, 15) is 27.9 Å². The minimum Gasteiger partial charge on any atom is -0.511 e. The number of amides is 1. The van der Waals surface area contributed by atoms with Crippen molar-refractivity contribution in [3.05, 3.63) is 41.2 Å². The van der Waals surface area contributed by atoms with Gasteiger partial charge in [0.1, 0.15) is 11.8 Å². The standard InChI is InChI=1S/C15H13F3N2O4/c16-15(17,18)9-4-6-10(7-5-9)20-14(24)11(8-19)12(21)2-1-3-13(22)23/h4-7,21H,1-3H2,(H,20,24)(H,22,23)/b12-11+.